The van der Waals surface area contributed by atoms with Crippen LogP contribution in [0.5, 0.6) is 0 Å². The van der Waals surface area contributed by atoms with Crippen molar-refractivity contribution in [3.8, 4) is 0 Å². The van der Waals surface area contributed by atoms with E-state index in [2.05, 4.69) is 48.4 Å². The molecule has 3 aliphatic heterocycles. The molecule has 1 spiro atoms. The summed E-state index contributed by atoms with van der Waals surface area (Å²) in [7, 11) is 2.16. The van der Waals surface area contributed by atoms with Gasteiger partial charge in [0.15, 0.2) is 0 Å². The number of carbonyl (C=O) groups excluding carboxylic acids is 1. The summed E-state index contributed by atoms with van der Waals surface area (Å²) in [6, 6.07) is 4.49. The van der Waals surface area contributed by atoms with Crippen molar-refractivity contribution < 1.29 is 4.79 Å². The van der Waals surface area contributed by atoms with Crippen molar-refractivity contribution >= 4 is 29.2 Å². The van der Waals surface area contributed by atoms with E-state index in [-0.39, 0.29) is 5.91 Å². The molecule has 0 aromatic carbocycles. The lowest BCUT2D eigenvalue weighted by atomic mass is 9.84. The van der Waals surface area contributed by atoms with Crippen LogP contribution in [0.3, 0.4) is 0 Å². The van der Waals surface area contributed by atoms with E-state index in [4.69, 9.17) is 4.98 Å². The molecule has 2 saturated heterocycles. The second kappa shape index (κ2) is 8.69. The number of likely N-dealkylation sites (tertiary alicyclic amines) is 1. The summed E-state index contributed by atoms with van der Waals surface area (Å²) in [4.78, 5) is 34.2. The molecule has 2 aromatic rings. The van der Waals surface area contributed by atoms with Gasteiger partial charge in [-0.3, -0.25) is 4.79 Å². The summed E-state index contributed by atoms with van der Waals surface area (Å²) in [6.45, 7) is 5.06. The summed E-state index contributed by atoms with van der Waals surface area (Å²) in [5, 5.41) is 6.75. The van der Waals surface area contributed by atoms with Crippen LogP contribution in [-0.2, 0) is 11.2 Å². The number of amides is 1. The zero-order valence-corrected chi connectivity index (χ0v) is 20.0. The molecule has 6 rings (SSSR count). The summed E-state index contributed by atoms with van der Waals surface area (Å²) in [5.74, 6) is 2.23. The molecule has 34 heavy (non-hydrogen) atoms. The Balaban J connectivity index is 1.14. The lowest BCUT2D eigenvalue weighted by Gasteiger charge is -2.42. The molecule has 9 nitrogen and oxygen atoms in total. The highest BCUT2D eigenvalue weighted by Crippen LogP contribution is 2.40. The number of hydrogen-bond acceptors (Lipinski definition) is 8. The Morgan fingerprint density at radius 2 is 1.85 bits per heavy atom. The first-order valence-electron chi connectivity index (χ1n) is 12.7. The lowest BCUT2D eigenvalue weighted by Crippen LogP contribution is -2.59. The zero-order valence-electron chi connectivity index (χ0n) is 20.0. The number of fused-ring (bicyclic) bond motifs is 1. The molecule has 1 amide bonds. The van der Waals surface area contributed by atoms with Crippen molar-refractivity contribution in [3.63, 3.8) is 0 Å². The maximum atomic E-state index is 13.5. The minimum Gasteiger partial charge on any atom is -0.368 e. The SMILES string of the molecule is CN1CCN(c2ccc(Nc3ncc4c(n3)NC3(CCCN(C5CCCC5)C3=O)C4)nc2)CC1. The van der Waals surface area contributed by atoms with E-state index in [1.54, 1.807) is 0 Å². The number of nitrogens with zero attached hydrogens (tertiary/aromatic N) is 6. The van der Waals surface area contributed by atoms with Crippen LogP contribution in [0.2, 0.25) is 0 Å². The number of rotatable bonds is 4. The van der Waals surface area contributed by atoms with Crippen LogP contribution in [0.25, 0.3) is 0 Å². The molecule has 0 radical (unpaired) electrons. The van der Waals surface area contributed by atoms with Crippen LogP contribution in [0.15, 0.2) is 24.5 Å². The van der Waals surface area contributed by atoms with Crippen LogP contribution in [0.1, 0.15) is 44.1 Å². The van der Waals surface area contributed by atoms with Crippen LogP contribution in [0.4, 0.5) is 23.3 Å². The average molecular weight is 463 g/mol. The summed E-state index contributed by atoms with van der Waals surface area (Å²) in [5.41, 5.74) is 1.60. The topological polar surface area (TPSA) is 89.5 Å². The van der Waals surface area contributed by atoms with Gasteiger partial charge >= 0.3 is 0 Å². The predicted molar refractivity (Wildman–Crippen MR) is 133 cm³/mol. The summed E-state index contributed by atoms with van der Waals surface area (Å²) in [6.07, 6.45) is 11.1. The Kier molecular flexibility index (Phi) is 5.51. The highest BCUT2D eigenvalue weighted by molar-refractivity contribution is 5.92. The van der Waals surface area contributed by atoms with Crippen LogP contribution >= 0.6 is 0 Å². The van der Waals surface area contributed by atoms with E-state index in [1.807, 2.05) is 18.5 Å². The molecule has 180 valence electrons. The quantitative estimate of drug-likeness (QED) is 0.717. The molecule has 0 bridgehead atoms. The Labute approximate surface area is 201 Å². The van der Waals surface area contributed by atoms with Crippen molar-refractivity contribution in [1.29, 1.82) is 0 Å². The van der Waals surface area contributed by atoms with Crippen molar-refractivity contribution in [1.82, 2.24) is 24.8 Å². The van der Waals surface area contributed by atoms with Gasteiger partial charge in [-0.1, -0.05) is 12.8 Å². The largest absolute Gasteiger partial charge is 0.368 e. The normalized spacial score (nSPS) is 25.6. The Morgan fingerprint density at radius 1 is 1.03 bits per heavy atom. The summed E-state index contributed by atoms with van der Waals surface area (Å²) < 4.78 is 0. The van der Waals surface area contributed by atoms with Gasteiger partial charge in [0.25, 0.3) is 0 Å². The molecule has 1 saturated carbocycles. The first-order valence-corrected chi connectivity index (χ1v) is 12.7. The van der Waals surface area contributed by atoms with Crippen molar-refractivity contribution in [2.75, 3.05) is 55.3 Å². The fourth-order valence-electron chi connectivity index (χ4n) is 6.01. The number of carbonyl (C=O) groups is 1. The Bertz CT molecular complexity index is 1050. The molecule has 1 aliphatic carbocycles. The number of anilines is 4. The van der Waals surface area contributed by atoms with Gasteiger partial charge in [0.1, 0.15) is 17.2 Å². The monoisotopic (exact) mass is 462 g/mol. The Hall–Kier alpha value is -2.94. The van der Waals surface area contributed by atoms with Crippen molar-refractivity contribution in [2.24, 2.45) is 0 Å². The molecular weight excluding hydrogens is 428 g/mol. The van der Waals surface area contributed by atoms with Crippen molar-refractivity contribution in [3.05, 3.63) is 30.1 Å². The van der Waals surface area contributed by atoms with E-state index in [0.717, 1.165) is 75.5 Å². The van der Waals surface area contributed by atoms with Gasteiger partial charge < -0.3 is 25.3 Å². The fourth-order valence-corrected chi connectivity index (χ4v) is 6.01. The number of hydrogen-bond donors (Lipinski definition) is 2. The van der Waals surface area contributed by atoms with Crippen molar-refractivity contribution in [2.45, 2.75) is 56.5 Å². The molecule has 9 heteroatoms. The zero-order chi connectivity index (χ0) is 23.1. The highest BCUT2D eigenvalue weighted by Gasteiger charge is 2.50. The smallest absolute Gasteiger partial charge is 0.248 e. The molecule has 1 atom stereocenters. The third-order valence-corrected chi connectivity index (χ3v) is 8.01. The number of piperazine rings is 1. The molecule has 1 unspecified atom stereocenters. The van der Waals surface area contributed by atoms with Gasteiger partial charge in [0.2, 0.25) is 11.9 Å². The van der Waals surface area contributed by atoms with E-state index >= 15 is 0 Å². The van der Waals surface area contributed by atoms with Crippen LogP contribution in [-0.4, -0.2) is 82.0 Å². The van der Waals surface area contributed by atoms with E-state index in [1.165, 1.54) is 12.8 Å². The summed E-state index contributed by atoms with van der Waals surface area (Å²) >= 11 is 0. The average Bonchev–Trinajstić information content (AvgIpc) is 3.50. The maximum Gasteiger partial charge on any atom is 0.248 e. The number of likely N-dealkylation sites (N-methyl/N-ethyl adjacent to an activating group) is 1. The third-order valence-electron chi connectivity index (χ3n) is 8.01. The van der Waals surface area contributed by atoms with E-state index in [0.29, 0.717) is 24.2 Å². The number of piperidine rings is 1. The molecule has 3 fully saturated rings. The maximum absolute atomic E-state index is 13.5. The van der Waals surface area contributed by atoms with Gasteiger partial charge in [-0.05, 0) is 44.9 Å². The van der Waals surface area contributed by atoms with Crippen LogP contribution < -0.4 is 15.5 Å². The van der Waals surface area contributed by atoms with Gasteiger partial charge in [-0.2, -0.15) is 4.98 Å². The molecule has 2 aromatic heterocycles. The second-order valence-corrected chi connectivity index (χ2v) is 10.3. The molecule has 2 N–H and O–H groups in total. The first kappa shape index (κ1) is 21.6. The minimum atomic E-state index is -0.557. The van der Waals surface area contributed by atoms with Gasteiger partial charge in [-0.25, -0.2) is 9.97 Å². The fraction of sp³-hybridized carbons (Fsp3) is 0.600. The number of aromatic nitrogens is 3. The van der Waals surface area contributed by atoms with E-state index < -0.39 is 5.54 Å². The first-order chi connectivity index (χ1) is 16.6. The van der Waals surface area contributed by atoms with Gasteiger partial charge in [0, 0.05) is 56.9 Å². The minimum absolute atomic E-state index is 0.249. The lowest BCUT2D eigenvalue weighted by molar-refractivity contribution is -0.141. The van der Waals surface area contributed by atoms with E-state index in [9.17, 15) is 4.79 Å². The molecule has 5 heterocycles. The van der Waals surface area contributed by atoms with Gasteiger partial charge in [0.05, 0.1) is 11.9 Å². The molecular formula is C25H34N8O. The highest BCUT2D eigenvalue weighted by atomic mass is 16.2. The second-order valence-electron chi connectivity index (χ2n) is 10.3. The third kappa shape index (κ3) is 3.96. The number of nitrogens with one attached hydrogen (secondary N) is 2. The predicted octanol–water partition coefficient (Wildman–Crippen LogP) is 2.64. The Morgan fingerprint density at radius 3 is 2.62 bits per heavy atom. The number of pyridine rings is 1. The van der Waals surface area contributed by atoms with Crippen LogP contribution in [0, 0.1) is 0 Å². The standard InChI is InChI=1S/C25H34N8O/c1-31-11-13-32(14-12-31)20-7-8-21(26-17-20)28-24-27-16-18-15-25(30-22(18)29-24)9-4-10-33(23(25)34)19-5-2-3-6-19/h7-8,16-17,19H,2-6,9-15H2,1H3,(H2,26,27,28,29,30). The molecule has 4 aliphatic rings. The van der Waals surface area contributed by atoms with Gasteiger partial charge in [-0.15, -0.1) is 0 Å².